The predicted octanol–water partition coefficient (Wildman–Crippen LogP) is 1.64. The van der Waals surface area contributed by atoms with Crippen molar-refractivity contribution in [2.45, 2.75) is 26.1 Å². The number of methoxy groups -OCH3 is 1. The molecule has 1 saturated heterocycles. The molecule has 0 aliphatic carbocycles. The van der Waals surface area contributed by atoms with Crippen molar-refractivity contribution in [2.75, 3.05) is 46.9 Å². The van der Waals surface area contributed by atoms with Crippen LogP contribution in [-0.2, 0) is 9.53 Å². The molecule has 0 radical (unpaired) electrons. The van der Waals surface area contributed by atoms with Crippen molar-refractivity contribution < 1.29 is 19.0 Å². The summed E-state index contributed by atoms with van der Waals surface area (Å²) in [5.74, 6) is 1.74. The predicted molar refractivity (Wildman–Crippen MR) is 92.6 cm³/mol. The van der Waals surface area contributed by atoms with E-state index in [2.05, 4.69) is 0 Å². The van der Waals surface area contributed by atoms with E-state index in [0.717, 1.165) is 11.5 Å². The number of likely N-dealkylation sites (N-methyl/N-ethyl adjacent to an activating group) is 1. The van der Waals surface area contributed by atoms with Gasteiger partial charge in [-0.2, -0.15) is 0 Å². The van der Waals surface area contributed by atoms with Gasteiger partial charge in [-0.05, 0) is 45.2 Å². The highest BCUT2D eigenvalue weighted by Crippen LogP contribution is 2.17. The third-order valence-corrected chi connectivity index (χ3v) is 3.98. The number of carbonyl (C=O) groups excluding carboxylic acids is 1. The topological polar surface area (TPSA) is 51.2 Å². The lowest BCUT2D eigenvalue weighted by molar-refractivity contribution is -0.144. The molecule has 1 heterocycles. The van der Waals surface area contributed by atoms with Crippen LogP contribution in [0, 0.1) is 0 Å². The minimum Gasteiger partial charge on any atom is -0.497 e. The second-order valence-corrected chi connectivity index (χ2v) is 6.32. The monoisotopic (exact) mass is 336 g/mol. The maximum atomic E-state index is 12.4. The fraction of sp³-hybridized carbons (Fsp3) is 0.611. The molecule has 0 saturated carbocycles. The third-order valence-electron chi connectivity index (χ3n) is 3.98. The van der Waals surface area contributed by atoms with Crippen molar-refractivity contribution in [3.63, 3.8) is 0 Å². The van der Waals surface area contributed by atoms with Gasteiger partial charge in [0.05, 0.1) is 25.9 Å². The van der Waals surface area contributed by atoms with Crippen LogP contribution in [0.4, 0.5) is 0 Å². The lowest BCUT2D eigenvalue weighted by Crippen LogP contribution is -2.50. The summed E-state index contributed by atoms with van der Waals surface area (Å²) in [6, 6.07) is 7.48. The number of amides is 1. The molecule has 0 N–H and O–H groups in total. The Morgan fingerprint density at radius 2 is 1.79 bits per heavy atom. The van der Waals surface area contributed by atoms with Crippen LogP contribution in [0.1, 0.15) is 13.8 Å². The standard InChI is InChI=1S/C18H28N2O4/c1-14-11-20(12-15(2)24-14)18(21)13-19(3)9-10-23-17-7-5-16(22-4)6-8-17/h5-8,14-15H,9-13H2,1-4H3. The van der Waals surface area contributed by atoms with E-state index >= 15 is 0 Å². The highest BCUT2D eigenvalue weighted by atomic mass is 16.5. The second-order valence-electron chi connectivity index (χ2n) is 6.32. The van der Waals surface area contributed by atoms with E-state index in [4.69, 9.17) is 14.2 Å². The van der Waals surface area contributed by atoms with Crippen LogP contribution in [-0.4, -0.2) is 74.9 Å². The number of ether oxygens (including phenoxy) is 3. The molecule has 1 fully saturated rings. The first-order chi connectivity index (χ1) is 11.5. The van der Waals surface area contributed by atoms with Crippen molar-refractivity contribution in [1.29, 1.82) is 0 Å². The molecule has 1 aliphatic rings. The second kappa shape index (κ2) is 8.89. The summed E-state index contributed by atoms with van der Waals surface area (Å²) in [6.07, 6.45) is 0.197. The Bertz CT molecular complexity index is 510. The fourth-order valence-electron chi connectivity index (χ4n) is 2.78. The maximum absolute atomic E-state index is 12.4. The molecule has 0 aromatic heterocycles. The number of rotatable bonds is 7. The summed E-state index contributed by atoms with van der Waals surface area (Å²) in [5, 5.41) is 0. The van der Waals surface area contributed by atoms with Gasteiger partial charge < -0.3 is 19.1 Å². The van der Waals surface area contributed by atoms with Crippen LogP contribution in [0.2, 0.25) is 0 Å². The van der Waals surface area contributed by atoms with Gasteiger partial charge in [0, 0.05) is 19.6 Å². The summed E-state index contributed by atoms with van der Waals surface area (Å²) >= 11 is 0. The van der Waals surface area contributed by atoms with Crippen LogP contribution < -0.4 is 9.47 Å². The average molecular weight is 336 g/mol. The molecular formula is C18H28N2O4. The molecule has 1 amide bonds. The molecule has 0 spiro atoms. The van der Waals surface area contributed by atoms with Gasteiger partial charge in [-0.25, -0.2) is 0 Å². The van der Waals surface area contributed by atoms with Crippen molar-refractivity contribution in [2.24, 2.45) is 0 Å². The number of benzene rings is 1. The van der Waals surface area contributed by atoms with E-state index in [1.54, 1.807) is 7.11 Å². The molecule has 1 aliphatic heterocycles. The van der Waals surface area contributed by atoms with Crippen molar-refractivity contribution in [1.82, 2.24) is 9.80 Å². The molecule has 2 rings (SSSR count). The Balaban J connectivity index is 1.70. The van der Waals surface area contributed by atoms with Gasteiger partial charge in [0.25, 0.3) is 0 Å². The Hall–Kier alpha value is -1.79. The van der Waals surface area contributed by atoms with Crippen LogP contribution in [0.25, 0.3) is 0 Å². The number of hydrogen-bond acceptors (Lipinski definition) is 5. The van der Waals surface area contributed by atoms with Crippen LogP contribution in [0.15, 0.2) is 24.3 Å². The van der Waals surface area contributed by atoms with Crippen LogP contribution in [0.5, 0.6) is 11.5 Å². The van der Waals surface area contributed by atoms with Gasteiger partial charge in [0.2, 0.25) is 5.91 Å². The Morgan fingerprint density at radius 3 is 2.38 bits per heavy atom. The van der Waals surface area contributed by atoms with Gasteiger partial charge in [-0.3, -0.25) is 9.69 Å². The Kier molecular flexibility index (Phi) is 6.87. The quantitative estimate of drug-likeness (QED) is 0.758. The normalized spacial score (nSPS) is 21.0. The van der Waals surface area contributed by atoms with Gasteiger partial charge in [-0.15, -0.1) is 0 Å². The molecule has 2 atom stereocenters. The molecule has 134 valence electrons. The summed E-state index contributed by atoms with van der Waals surface area (Å²) in [5.41, 5.74) is 0. The molecule has 1 aromatic carbocycles. The van der Waals surface area contributed by atoms with Gasteiger partial charge in [0.15, 0.2) is 0 Å². The van der Waals surface area contributed by atoms with Crippen LogP contribution in [0.3, 0.4) is 0 Å². The summed E-state index contributed by atoms with van der Waals surface area (Å²) in [7, 11) is 3.57. The number of hydrogen-bond donors (Lipinski definition) is 0. The minimum atomic E-state index is 0.0985. The van der Waals surface area contributed by atoms with Crippen molar-refractivity contribution in [3.05, 3.63) is 24.3 Å². The van der Waals surface area contributed by atoms with E-state index in [1.165, 1.54) is 0 Å². The maximum Gasteiger partial charge on any atom is 0.236 e. The molecule has 24 heavy (non-hydrogen) atoms. The Morgan fingerprint density at radius 1 is 1.21 bits per heavy atom. The largest absolute Gasteiger partial charge is 0.497 e. The number of nitrogens with zero attached hydrogens (tertiary/aromatic N) is 2. The molecule has 1 aromatic rings. The SMILES string of the molecule is COc1ccc(OCCN(C)CC(=O)N2CC(C)OC(C)C2)cc1. The highest BCUT2D eigenvalue weighted by molar-refractivity contribution is 5.78. The first-order valence-corrected chi connectivity index (χ1v) is 8.36. The van der Waals surface area contributed by atoms with E-state index < -0.39 is 0 Å². The van der Waals surface area contributed by atoms with E-state index in [1.807, 2.05) is 55.0 Å². The first kappa shape index (κ1) is 18.5. The van der Waals surface area contributed by atoms with Crippen molar-refractivity contribution >= 4 is 5.91 Å². The van der Waals surface area contributed by atoms with E-state index in [-0.39, 0.29) is 18.1 Å². The first-order valence-electron chi connectivity index (χ1n) is 8.36. The molecule has 0 bridgehead atoms. The molecule has 2 unspecified atom stereocenters. The fourth-order valence-corrected chi connectivity index (χ4v) is 2.78. The summed E-state index contributed by atoms with van der Waals surface area (Å²) < 4.78 is 16.5. The zero-order chi connectivity index (χ0) is 17.5. The minimum absolute atomic E-state index is 0.0985. The highest BCUT2D eigenvalue weighted by Gasteiger charge is 2.26. The van der Waals surface area contributed by atoms with E-state index in [0.29, 0.717) is 32.8 Å². The van der Waals surface area contributed by atoms with E-state index in [9.17, 15) is 4.79 Å². The van der Waals surface area contributed by atoms with Crippen molar-refractivity contribution in [3.8, 4) is 11.5 Å². The number of carbonyl (C=O) groups is 1. The zero-order valence-electron chi connectivity index (χ0n) is 15.0. The number of morpholine rings is 1. The zero-order valence-corrected chi connectivity index (χ0v) is 15.0. The van der Waals surface area contributed by atoms with Crippen LogP contribution >= 0.6 is 0 Å². The van der Waals surface area contributed by atoms with Gasteiger partial charge >= 0.3 is 0 Å². The Labute approximate surface area is 144 Å². The lowest BCUT2D eigenvalue weighted by Gasteiger charge is -2.36. The summed E-state index contributed by atoms with van der Waals surface area (Å²) in [6.45, 7) is 6.95. The summed E-state index contributed by atoms with van der Waals surface area (Å²) in [4.78, 5) is 16.2. The lowest BCUT2D eigenvalue weighted by atomic mass is 10.2. The molecule has 6 heteroatoms. The molecule has 6 nitrogen and oxygen atoms in total. The van der Waals surface area contributed by atoms with Gasteiger partial charge in [-0.1, -0.05) is 0 Å². The average Bonchev–Trinajstić information content (AvgIpc) is 2.54. The molecular weight excluding hydrogens is 308 g/mol. The van der Waals surface area contributed by atoms with Gasteiger partial charge in [0.1, 0.15) is 18.1 Å². The third kappa shape index (κ3) is 5.69. The smallest absolute Gasteiger partial charge is 0.236 e.